The molecule has 0 radical (unpaired) electrons. The number of hydrogen-bond acceptors (Lipinski definition) is 2. The normalized spacial score (nSPS) is 39.4. The quantitative estimate of drug-likeness (QED) is 0.810. The Kier molecular flexibility index (Phi) is 4.48. The van der Waals surface area contributed by atoms with Gasteiger partial charge in [-0.1, -0.05) is 20.8 Å². The third kappa shape index (κ3) is 3.03. The number of hydrogen-bond donors (Lipinski definition) is 1. The highest BCUT2D eigenvalue weighted by Gasteiger charge is 2.39. The molecule has 17 heavy (non-hydrogen) atoms. The van der Waals surface area contributed by atoms with Crippen molar-refractivity contribution in [3.63, 3.8) is 0 Å². The molecular weight excluding hydrogens is 208 g/mol. The summed E-state index contributed by atoms with van der Waals surface area (Å²) in [5.74, 6) is 1.80. The van der Waals surface area contributed by atoms with Crippen LogP contribution in [0.25, 0.3) is 0 Å². The third-order valence-electron chi connectivity index (χ3n) is 5.01. The van der Waals surface area contributed by atoms with Crippen LogP contribution in [0, 0.1) is 11.8 Å². The summed E-state index contributed by atoms with van der Waals surface area (Å²) in [6, 6.07) is 2.31. The lowest BCUT2D eigenvalue weighted by molar-refractivity contribution is -0.00699. The van der Waals surface area contributed by atoms with Crippen LogP contribution < -0.4 is 5.32 Å². The maximum atomic E-state index is 3.62. The zero-order valence-electron chi connectivity index (χ0n) is 12.1. The Morgan fingerprint density at radius 2 is 1.94 bits per heavy atom. The van der Waals surface area contributed by atoms with Gasteiger partial charge in [0.1, 0.15) is 0 Å². The van der Waals surface area contributed by atoms with Crippen molar-refractivity contribution in [3.8, 4) is 0 Å². The summed E-state index contributed by atoms with van der Waals surface area (Å²) in [7, 11) is 0. The van der Waals surface area contributed by atoms with Gasteiger partial charge in [0, 0.05) is 18.1 Å². The number of rotatable bonds is 4. The van der Waals surface area contributed by atoms with Gasteiger partial charge < -0.3 is 5.32 Å². The van der Waals surface area contributed by atoms with Gasteiger partial charge in [-0.25, -0.2) is 0 Å². The average Bonchev–Trinajstić information content (AvgIpc) is 2.23. The van der Waals surface area contributed by atoms with Crippen LogP contribution in [0.15, 0.2) is 0 Å². The van der Waals surface area contributed by atoms with E-state index in [9.17, 15) is 0 Å². The van der Waals surface area contributed by atoms with Crippen molar-refractivity contribution in [2.24, 2.45) is 11.8 Å². The summed E-state index contributed by atoms with van der Waals surface area (Å²) in [5, 5.41) is 3.62. The largest absolute Gasteiger partial charge is 0.314 e. The predicted molar refractivity (Wildman–Crippen MR) is 74.2 cm³/mol. The molecule has 4 unspecified atom stereocenters. The second-order valence-electron chi connectivity index (χ2n) is 6.57. The first-order chi connectivity index (χ1) is 8.09. The second kappa shape index (κ2) is 5.71. The van der Waals surface area contributed by atoms with E-state index < -0.39 is 0 Å². The van der Waals surface area contributed by atoms with Crippen LogP contribution in [-0.2, 0) is 0 Å². The van der Waals surface area contributed by atoms with Gasteiger partial charge in [0.2, 0.25) is 0 Å². The van der Waals surface area contributed by atoms with Crippen molar-refractivity contribution in [3.05, 3.63) is 0 Å². The molecule has 1 aliphatic carbocycles. The monoisotopic (exact) mass is 238 g/mol. The minimum absolute atomic E-state index is 0.633. The number of nitrogens with zero attached hydrogens (tertiary/aromatic N) is 1. The summed E-state index contributed by atoms with van der Waals surface area (Å²) in [6.07, 6.45) is 5.70. The Balaban J connectivity index is 1.84. The van der Waals surface area contributed by atoms with Crippen LogP contribution in [-0.4, -0.2) is 36.1 Å². The Morgan fingerprint density at radius 3 is 2.53 bits per heavy atom. The second-order valence-corrected chi connectivity index (χ2v) is 6.57. The Bertz CT molecular complexity index is 239. The van der Waals surface area contributed by atoms with Crippen molar-refractivity contribution < 1.29 is 0 Å². The zero-order chi connectivity index (χ0) is 12.4. The Morgan fingerprint density at radius 1 is 1.18 bits per heavy atom. The molecule has 2 heteroatoms. The van der Waals surface area contributed by atoms with E-state index in [0.717, 1.165) is 23.9 Å². The molecule has 0 aromatic heterocycles. The molecule has 4 atom stereocenters. The van der Waals surface area contributed by atoms with E-state index in [1.165, 1.54) is 38.8 Å². The number of nitrogens with one attached hydrogen (secondary N) is 1. The van der Waals surface area contributed by atoms with Gasteiger partial charge in [-0.15, -0.1) is 0 Å². The average molecular weight is 238 g/mol. The van der Waals surface area contributed by atoms with Crippen molar-refractivity contribution >= 4 is 0 Å². The van der Waals surface area contributed by atoms with Crippen LogP contribution >= 0.6 is 0 Å². The predicted octanol–water partition coefficient (Wildman–Crippen LogP) is 2.88. The van der Waals surface area contributed by atoms with Crippen LogP contribution in [0.3, 0.4) is 0 Å². The van der Waals surface area contributed by atoms with Gasteiger partial charge in [-0.05, 0) is 57.5 Å². The van der Waals surface area contributed by atoms with Gasteiger partial charge in [0.25, 0.3) is 0 Å². The van der Waals surface area contributed by atoms with E-state index in [-0.39, 0.29) is 0 Å². The van der Waals surface area contributed by atoms with Gasteiger partial charge in [-0.2, -0.15) is 0 Å². The maximum Gasteiger partial charge on any atom is 0.0139 e. The van der Waals surface area contributed by atoms with Crippen molar-refractivity contribution in [1.82, 2.24) is 10.2 Å². The maximum absolute atomic E-state index is 3.62. The summed E-state index contributed by atoms with van der Waals surface area (Å²) >= 11 is 0. The van der Waals surface area contributed by atoms with E-state index in [2.05, 4.69) is 37.9 Å². The summed E-state index contributed by atoms with van der Waals surface area (Å²) in [5.41, 5.74) is 0. The molecule has 2 fully saturated rings. The molecule has 0 bridgehead atoms. The SMILES string of the molecule is CC(C)NCC1CCC1N1CCCC(C)C1C. The van der Waals surface area contributed by atoms with Crippen molar-refractivity contribution in [2.75, 3.05) is 13.1 Å². The molecule has 2 rings (SSSR count). The first kappa shape index (κ1) is 13.4. The summed E-state index contributed by atoms with van der Waals surface area (Å²) < 4.78 is 0. The lowest BCUT2D eigenvalue weighted by Gasteiger charge is -2.51. The molecule has 1 N–H and O–H groups in total. The third-order valence-corrected chi connectivity index (χ3v) is 5.01. The van der Waals surface area contributed by atoms with Gasteiger partial charge in [0.15, 0.2) is 0 Å². The first-order valence-corrected chi connectivity index (χ1v) is 7.58. The lowest BCUT2D eigenvalue weighted by atomic mass is 9.75. The molecule has 2 nitrogen and oxygen atoms in total. The topological polar surface area (TPSA) is 15.3 Å². The molecule has 1 saturated heterocycles. The highest BCUT2D eigenvalue weighted by atomic mass is 15.2. The molecule has 1 aliphatic heterocycles. The molecule has 2 aliphatic rings. The van der Waals surface area contributed by atoms with E-state index in [1.807, 2.05) is 0 Å². The van der Waals surface area contributed by atoms with Crippen LogP contribution in [0.2, 0.25) is 0 Å². The van der Waals surface area contributed by atoms with E-state index in [0.29, 0.717) is 6.04 Å². The fourth-order valence-corrected chi connectivity index (χ4v) is 3.45. The van der Waals surface area contributed by atoms with E-state index in [1.54, 1.807) is 0 Å². The van der Waals surface area contributed by atoms with Crippen LogP contribution in [0.4, 0.5) is 0 Å². The van der Waals surface area contributed by atoms with Crippen molar-refractivity contribution in [2.45, 2.75) is 71.5 Å². The highest BCUT2D eigenvalue weighted by Crippen LogP contribution is 2.36. The molecule has 1 saturated carbocycles. The van der Waals surface area contributed by atoms with Gasteiger partial charge >= 0.3 is 0 Å². The lowest BCUT2D eigenvalue weighted by Crippen LogP contribution is -2.57. The number of likely N-dealkylation sites (tertiary alicyclic amines) is 1. The first-order valence-electron chi connectivity index (χ1n) is 7.58. The van der Waals surface area contributed by atoms with Crippen molar-refractivity contribution in [1.29, 1.82) is 0 Å². The van der Waals surface area contributed by atoms with Crippen LogP contribution in [0.1, 0.15) is 53.4 Å². The Labute approximate surface area is 107 Å². The molecule has 1 heterocycles. The number of piperidine rings is 1. The summed E-state index contributed by atoms with van der Waals surface area (Å²) in [4.78, 5) is 2.81. The minimum Gasteiger partial charge on any atom is -0.314 e. The fourth-order valence-electron chi connectivity index (χ4n) is 3.45. The highest BCUT2D eigenvalue weighted by molar-refractivity contribution is 4.94. The molecule has 0 spiro atoms. The van der Waals surface area contributed by atoms with E-state index >= 15 is 0 Å². The molecular formula is C15H30N2. The molecule has 0 amide bonds. The Hall–Kier alpha value is -0.0800. The van der Waals surface area contributed by atoms with Gasteiger partial charge in [-0.3, -0.25) is 4.90 Å². The van der Waals surface area contributed by atoms with Crippen LogP contribution in [0.5, 0.6) is 0 Å². The fraction of sp³-hybridized carbons (Fsp3) is 1.00. The molecule has 0 aromatic rings. The zero-order valence-corrected chi connectivity index (χ0v) is 12.1. The smallest absolute Gasteiger partial charge is 0.0139 e. The van der Waals surface area contributed by atoms with Gasteiger partial charge in [0.05, 0.1) is 0 Å². The molecule has 0 aromatic carbocycles. The van der Waals surface area contributed by atoms with E-state index in [4.69, 9.17) is 0 Å². The summed E-state index contributed by atoms with van der Waals surface area (Å²) in [6.45, 7) is 11.9. The minimum atomic E-state index is 0.633. The standard InChI is InChI=1S/C15H30N2/c1-11(2)16-10-14-7-8-15(14)17-9-5-6-12(3)13(17)4/h11-16H,5-10H2,1-4H3. The molecule has 100 valence electrons.